The number of hydrogen-bond acceptors (Lipinski definition) is 11. The molecule has 15 nitrogen and oxygen atoms in total. The molecule has 3 saturated heterocycles. The van der Waals surface area contributed by atoms with Gasteiger partial charge in [0.25, 0.3) is 17.7 Å². The summed E-state index contributed by atoms with van der Waals surface area (Å²) in [4.78, 5) is 81.9. The van der Waals surface area contributed by atoms with Crippen LogP contribution in [-0.2, 0) is 22.6 Å². The number of anilines is 2. The number of benzene rings is 3. The van der Waals surface area contributed by atoms with Crippen LogP contribution in [0.4, 0.5) is 11.4 Å². The summed E-state index contributed by atoms with van der Waals surface area (Å²) in [5.41, 5.74) is 5.20. The maximum absolute atomic E-state index is 13.3. The number of carbonyl (C=O) groups is 5. The third-order valence-electron chi connectivity index (χ3n) is 12.1. The zero-order chi connectivity index (χ0) is 39.9. The third-order valence-corrected chi connectivity index (χ3v) is 12.1. The molecule has 9 rings (SSSR count). The molecule has 4 aliphatic rings. The lowest BCUT2D eigenvalue weighted by Gasteiger charge is -2.33. The van der Waals surface area contributed by atoms with E-state index in [1.807, 2.05) is 36.4 Å². The highest BCUT2D eigenvalue weighted by molar-refractivity contribution is 6.23. The molecule has 3 N–H and O–H groups in total. The molecule has 0 spiro atoms. The number of fused-ring (bicyclic) bond motifs is 2. The molecule has 0 radical (unpaired) electrons. The topological polar surface area (TPSA) is 187 Å². The first-order valence-electron chi connectivity index (χ1n) is 20.2. The van der Waals surface area contributed by atoms with Crippen LogP contribution in [-0.4, -0.2) is 91.2 Å². The normalized spacial score (nSPS) is 20.3. The maximum atomic E-state index is 13.3. The number of likely N-dealkylation sites (tertiary alicyclic amines) is 1. The summed E-state index contributed by atoms with van der Waals surface area (Å²) in [5, 5.41) is 9.42. The smallest absolute Gasteiger partial charge is 0.262 e. The van der Waals surface area contributed by atoms with Gasteiger partial charge in [-0.3, -0.25) is 39.1 Å². The quantitative estimate of drug-likeness (QED) is 0.144. The molecule has 2 atom stereocenters. The number of aromatic nitrogens is 4. The molecule has 5 amide bonds. The second-order valence-corrected chi connectivity index (χ2v) is 15.9. The molecular weight excluding hydrogens is 739 g/mol. The van der Waals surface area contributed by atoms with Gasteiger partial charge in [-0.25, -0.2) is 4.98 Å². The standard InChI is InChI=1S/C43H45N9O6/c1-25-4-3-19-51(25)24-36-45-33-14-11-29(22-34(33)46-36)44-40(54)28-9-7-27(8-10-28)39-48-38(58-49-39)6-2-5-26-17-20-50(21-18-26)30-12-13-31-32(23-30)43(57)52(42(31)56)35-15-16-37(53)47-41(35)55/h7-14,22-23,25-26,35H,2-6,15-21,24H2,1H3,(H,44,54)(H,45,46)(H,47,53,55)/t25-,35?/m0/s1. The van der Waals surface area contributed by atoms with Crippen molar-refractivity contribution in [3.63, 3.8) is 0 Å². The fourth-order valence-corrected chi connectivity index (χ4v) is 8.76. The Hall–Kier alpha value is -6.22. The van der Waals surface area contributed by atoms with Crippen LogP contribution in [0.25, 0.3) is 22.4 Å². The Kier molecular flexibility index (Phi) is 10.1. The van der Waals surface area contributed by atoms with Gasteiger partial charge < -0.3 is 19.7 Å². The van der Waals surface area contributed by atoms with Gasteiger partial charge in [-0.15, -0.1) is 0 Å². The van der Waals surface area contributed by atoms with Crippen LogP contribution in [0.15, 0.2) is 65.2 Å². The molecular formula is C43H45N9O6. The SMILES string of the molecule is C[C@H]1CCCN1Cc1nc2ccc(NC(=O)c3ccc(-c4noc(CCCC5CCN(c6ccc7c(c6)C(=O)N(C6CCC(=O)NC6=O)C7=O)CC5)n4)cc3)cc2[nH]1. The minimum atomic E-state index is -0.978. The molecule has 5 aromatic rings. The number of aryl methyl sites for hydroxylation is 1. The van der Waals surface area contributed by atoms with Crippen LogP contribution in [0.1, 0.15) is 101 Å². The van der Waals surface area contributed by atoms with Crippen molar-refractivity contribution in [2.45, 2.75) is 83.3 Å². The molecule has 1 unspecified atom stereocenters. The third kappa shape index (κ3) is 7.49. The number of imidazole rings is 1. The van der Waals surface area contributed by atoms with Gasteiger partial charge in [0.15, 0.2) is 0 Å². The maximum Gasteiger partial charge on any atom is 0.262 e. The molecule has 3 aromatic carbocycles. The summed E-state index contributed by atoms with van der Waals surface area (Å²) in [5.74, 6) is 0.301. The number of nitrogens with zero attached hydrogens (tertiary/aromatic N) is 6. The molecule has 298 valence electrons. The number of piperidine rings is 2. The van der Waals surface area contributed by atoms with E-state index in [-0.39, 0.29) is 24.3 Å². The van der Waals surface area contributed by atoms with Crippen molar-refractivity contribution >= 4 is 51.9 Å². The Morgan fingerprint density at radius 2 is 1.71 bits per heavy atom. The number of nitrogens with one attached hydrogen (secondary N) is 3. The largest absolute Gasteiger partial charge is 0.371 e. The Bertz CT molecular complexity index is 2410. The van der Waals surface area contributed by atoms with Crippen molar-refractivity contribution in [2.24, 2.45) is 5.92 Å². The number of rotatable bonds is 11. The van der Waals surface area contributed by atoms with Crippen LogP contribution in [0.3, 0.4) is 0 Å². The van der Waals surface area contributed by atoms with E-state index in [2.05, 4.69) is 42.5 Å². The van der Waals surface area contributed by atoms with E-state index in [0.717, 1.165) is 84.9 Å². The fraction of sp³-hybridized carbons (Fsp3) is 0.395. The van der Waals surface area contributed by atoms with Crippen LogP contribution in [0.2, 0.25) is 0 Å². The van der Waals surface area contributed by atoms with Crippen molar-refractivity contribution in [3.8, 4) is 11.4 Å². The lowest BCUT2D eigenvalue weighted by molar-refractivity contribution is -0.136. The van der Waals surface area contributed by atoms with E-state index in [9.17, 15) is 24.0 Å². The van der Waals surface area contributed by atoms with Crippen molar-refractivity contribution in [1.29, 1.82) is 0 Å². The minimum absolute atomic E-state index is 0.0869. The predicted octanol–water partition coefficient (Wildman–Crippen LogP) is 5.49. The first kappa shape index (κ1) is 37.4. The molecule has 0 saturated carbocycles. The molecule has 4 aliphatic heterocycles. The Labute approximate surface area is 334 Å². The van der Waals surface area contributed by atoms with Gasteiger partial charge in [-0.1, -0.05) is 17.3 Å². The second kappa shape index (κ2) is 15.6. The average molecular weight is 784 g/mol. The van der Waals surface area contributed by atoms with E-state index in [4.69, 9.17) is 9.51 Å². The fourth-order valence-electron chi connectivity index (χ4n) is 8.76. The van der Waals surface area contributed by atoms with E-state index < -0.39 is 29.7 Å². The van der Waals surface area contributed by atoms with Crippen molar-refractivity contribution in [2.75, 3.05) is 29.9 Å². The number of imide groups is 2. The highest BCUT2D eigenvalue weighted by atomic mass is 16.5. The van der Waals surface area contributed by atoms with Gasteiger partial charge in [-0.2, -0.15) is 4.98 Å². The Balaban J connectivity index is 0.732. The lowest BCUT2D eigenvalue weighted by atomic mass is 9.91. The van der Waals surface area contributed by atoms with Crippen LogP contribution < -0.4 is 15.5 Å². The highest BCUT2D eigenvalue weighted by Crippen LogP contribution is 2.33. The molecule has 58 heavy (non-hydrogen) atoms. The monoisotopic (exact) mass is 783 g/mol. The summed E-state index contributed by atoms with van der Waals surface area (Å²) in [6.07, 6.45) is 7.20. The second-order valence-electron chi connectivity index (χ2n) is 15.9. The zero-order valence-electron chi connectivity index (χ0n) is 32.3. The van der Waals surface area contributed by atoms with E-state index in [1.54, 1.807) is 24.3 Å². The molecule has 0 bridgehead atoms. The minimum Gasteiger partial charge on any atom is -0.371 e. The molecule has 15 heteroatoms. The van der Waals surface area contributed by atoms with Gasteiger partial charge in [-0.05, 0) is 113 Å². The first-order valence-corrected chi connectivity index (χ1v) is 20.2. The number of amides is 5. The van der Waals surface area contributed by atoms with Crippen molar-refractivity contribution in [3.05, 3.63) is 89.1 Å². The summed E-state index contributed by atoms with van der Waals surface area (Å²) < 4.78 is 5.58. The average Bonchev–Trinajstić information content (AvgIpc) is 4.02. The van der Waals surface area contributed by atoms with Gasteiger partial charge in [0.1, 0.15) is 11.9 Å². The number of hydrogen-bond donors (Lipinski definition) is 3. The van der Waals surface area contributed by atoms with Gasteiger partial charge in [0.05, 0.1) is 28.7 Å². The number of carbonyl (C=O) groups excluding carboxylic acids is 5. The first-order chi connectivity index (χ1) is 28.2. The van der Waals surface area contributed by atoms with Crippen molar-refractivity contribution < 1.29 is 28.5 Å². The predicted molar refractivity (Wildman–Crippen MR) is 214 cm³/mol. The summed E-state index contributed by atoms with van der Waals surface area (Å²) >= 11 is 0. The van der Waals surface area contributed by atoms with E-state index >= 15 is 0 Å². The van der Waals surface area contributed by atoms with Gasteiger partial charge in [0.2, 0.25) is 23.5 Å². The van der Waals surface area contributed by atoms with Crippen LogP contribution in [0.5, 0.6) is 0 Å². The molecule has 2 aromatic heterocycles. The van der Waals surface area contributed by atoms with E-state index in [0.29, 0.717) is 46.9 Å². The molecule has 6 heterocycles. The van der Waals surface area contributed by atoms with Gasteiger partial charge in [0, 0.05) is 54.5 Å². The number of H-pyrrole nitrogens is 1. The Morgan fingerprint density at radius 1 is 0.897 bits per heavy atom. The zero-order valence-corrected chi connectivity index (χ0v) is 32.3. The van der Waals surface area contributed by atoms with Gasteiger partial charge >= 0.3 is 0 Å². The van der Waals surface area contributed by atoms with Crippen molar-refractivity contribution in [1.82, 2.24) is 35.2 Å². The lowest BCUT2D eigenvalue weighted by Crippen LogP contribution is -2.54. The van der Waals surface area contributed by atoms with Crippen LogP contribution in [0, 0.1) is 5.92 Å². The van der Waals surface area contributed by atoms with E-state index in [1.165, 1.54) is 12.8 Å². The highest BCUT2D eigenvalue weighted by Gasteiger charge is 2.45. The summed E-state index contributed by atoms with van der Waals surface area (Å²) in [6.45, 7) is 5.78. The molecule has 0 aliphatic carbocycles. The number of aromatic amines is 1. The molecule has 3 fully saturated rings. The Morgan fingerprint density at radius 3 is 2.48 bits per heavy atom. The summed E-state index contributed by atoms with van der Waals surface area (Å²) in [6, 6.07) is 17.7. The van der Waals surface area contributed by atoms with Crippen LogP contribution >= 0.6 is 0 Å². The summed E-state index contributed by atoms with van der Waals surface area (Å²) in [7, 11) is 0.